The molecule has 15 heavy (non-hydrogen) atoms. The predicted molar refractivity (Wildman–Crippen MR) is 59.8 cm³/mol. The minimum Gasteiger partial charge on any atom is -0.355 e. The molecule has 0 bridgehead atoms. The molecule has 0 saturated carbocycles. The van der Waals surface area contributed by atoms with Gasteiger partial charge in [-0.2, -0.15) is 0 Å². The Labute approximate surface area is 89.9 Å². The summed E-state index contributed by atoms with van der Waals surface area (Å²) in [6.45, 7) is 3.04. The maximum atomic E-state index is 11.2. The Morgan fingerprint density at radius 2 is 1.93 bits per heavy atom. The summed E-state index contributed by atoms with van der Waals surface area (Å²) in [6.07, 6.45) is 0. The molecule has 0 aromatic carbocycles. The van der Waals surface area contributed by atoms with E-state index in [2.05, 4.69) is 4.98 Å². The number of hydrogen-bond donors (Lipinski definition) is 0. The van der Waals surface area contributed by atoms with E-state index >= 15 is 0 Å². The molecule has 0 radical (unpaired) electrons. The molecule has 2 rings (SSSR count). The Hall–Kier alpha value is -1.10. The van der Waals surface area contributed by atoms with Crippen LogP contribution in [0, 0.1) is 6.92 Å². The molecule has 82 valence electrons. The molecule has 0 amide bonds. The van der Waals surface area contributed by atoms with Crippen molar-refractivity contribution in [1.29, 1.82) is 0 Å². The molecule has 0 N–H and O–H groups in total. The van der Waals surface area contributed by atoms with Crippen molar-refractivity contribution in [2.75, 3.05) is 29.5 Å². The third-order valence-corrected chi connectivity index (χ3v) is 4.15. The van der Waals surface area contributed by atoms with Crippen molar-refractivity contribution in [3.8, 4) is 0 Å². The quantitative estimate of drug-likeness (QED) is 0.704. The molecule has 0 aliphatic carbocycles. The number of aryl methyl sites for hydroxylation is 1. The molecule has 1 fully saturated rings. The zero-order chi connectivity index (χ0) is 10.9. The standard InChI is InChI=1S/C10H14N2O2S/c1-9-3-2-4-10(11-9)12-5-7-15(13,14)8-6-12/h2-4H,5-8H2,1H3. The zero-order valence-electron chi connectivity index (χ0n) is 8.68. The maximum Gasteiger partial charge on any atom is 0.153 e. The molecule has 2 heterocycles. The highest BCUT2D eigenvalue weighted by molar-refractivity contribution is 7.91. The van der Waals surface area contributed by atoms with Crippen molar-refractivity contribution < 1.29 is 8.42 Å². The van der Waals surface area contributed by atoms with Gasteiger partial charge in [0, 0.05) is 18.8 Å². The Kier molecular flexibility index (Phi) is 2.65. The molecular weight excluding hydrogens is 212 g/mol. The number of pyridine rings is 1. The zero-order valence-corrected chi connectivity index (χ0v) is 9.50. The third kappa shape index (κ3) is 2.47. The highest BCUT2D eigenvalue weighted by Crippen LogP contribution is 2.14. The van der Waals surface area contributed by atoms with Gasteiger partial charge in [0.25, 0.3) is 0 Å². The van der Waals surface area contributed by atoms with Crippen molar-refractivity contribution in [3.63, 3.8) is 0 Å². The average molecular weight is 226 g/mol. The number of aromatic nitrogens is 1. The van der Waals surface area contributed by atoms with Gasteiger partial charge in [0.15, 0.2) is 9.84 Å². The van der Waals surface area contributed by atoms with Gasteiger partial charge in [-0.25, -0.2) is 13.4 Å². The first-order chi connectivity index (χ1) is 7.07. The van der Waals surface area contributed by atoms with Crippen LogP contribution in [0.25, 0.3) is 0 Å². The van der Waals surface area contributed by atoms with E-state index in [1.807, 2.05) is 30.0 Å². The lowest BCUT2D eigenvalue weighted by molar-refractivity contribution is 0.586. The minimum absolute atomic E-state index is 0.239. The van der Waals surface area contributed by atoms with E-state index in [9.17, 15) is 8.42 Å². The van der Waals surface area contributed by atoms with E-state index in [0.29, 0.717) is 13.1 Å². The Morgan fingerprint density at radius 3 is 2.53 bits per heavy atom. The second kappa shape index (κ2) is 3.81. The van der Waals surface area contributed by atoms with Gasteiger partial charge in [-0.3, -0.25) is 0 Å². The van der Waals surface area contributed by atoms with Crippen molar-refractivity contribution in [2.45, 2.75) is 6.92 Å². The lowest BCUT2D eigenvalue weighted by Gasteiger charge is -2.27. The minimum atomic E-state index is -2.80. The van der Waals surface area contributed by atoms with Crippen molar-refractivity contribution in [2.24, 2.45) is 0 Å². The molecule has 1 aromatic heterocycles. The van der Waals surface area contributed by atoms with Crippen LogP contribution in [0.1, 0.15) is 5.69 Å². The summed E-state index contributed by atoms with van der Waals surface area (Å²) in [5.74, 6) is 1.36. The van der Waals surface area contributed by atoms with E-state index in [0.717, 1.165) is 11.5 Å². The molecule has 1 aliphatic heterocycles. The average Bonchev–Trinajstić information content (AvgIpc) is 2.17. The van der Waals surface area contributed by atoms with Crippen LogP contribution in [-0.4, -0.2) is 38.0 Å². The number of nitrogens with zero attached hydrogens (tertiary/aromatic N) is 2. The van der Waals surface area contributed by atoms with Gasteiger partial charge in [0.1, 0.15) is 5.82 Å². The summed E-state index contributed by atoms with van der Waals surface area (Å²) in [5, 5.41) is 0. The van der Waals surface area contributed by atoms with Crippen molar-refractivity contribution in [3.05, 3.63) is 23.9 Å². The fourth-order valence-corrected chi connectivity index (χ4v) is 2.85. The van der Waals surface area contributed by atoms with Crippen LogP contribution in [0.5, 0.6) is 0 Å². The topological polar surface area (TPSA) is 50.3 Å². The Bertz CT molecular complexity index is 442. The smallest absolute Gasteiger partial charge is 0.153 e. The van der Waals surface area contributed by atoms with Gasteiger partial charge in [-0.15, -0.1) is 0 Å². The summed E-state index contributed by atoms with van der Waals surface area (Å²) in [4.78, 5) is 6.40. The monoisotopic (exact) mass is 226 g/mol. The van der Waals surface area contributed by atoms with Gasteiger partial charge in [0.2, 0.25) is 0 Å². The van der Waals surface area contributed by atoms with Crippen LogP contribution in [0.3, 0.4) is 0 Å². The van der Waals surface area contributed by atoms with Crippen LogP contribution in [0.2, 0.25) is 0 Å². The first kappa shape index (κ1) is 10.4. The summed E-state index contributed by atoms with van der Waals surface area (Å²) in [6, 6.07) is 5.80. The van der Waals surface area contributed by atoms with Crippen molar-refractivity contribution in [1.82, 2.24) is 4.98 Å². The molecular formula is C10H14N2O2S. The molecule has 0 atom stereocenters. The Balaban J connectivity index is 2.14. The number of sulfone groups is 1. The van der Waals surface area contributed by atoms with E-state index in [1.54, 1.807) is 0 Å². The lowest BCUT2D eigenvalue weighted by Crippen LogP contribution is -2.40. The van der Waals surface area contributed by atoms with Crippen LogP contribution in [0.15, 0.2) is 18.2 Å². The van der Waals surface area contributed by atoms with E-state index in [-0.39, 0.29) is 11.5 Å². The summed E-state index contributed by atoms with van der Waals surface area (Å²) in [5.41, 5.74) is 0.959. The predicted octanol–water partition coefficient (Wildman–Crippen LogP) is 0.625. The van der Waals surface area contributed by atoms with Gasteiger partial charge in [-0.1, -0.05) is 6.07 Å². The third-order valence-electron chi connectivity index (χ3n) is 2.54. The molecule has 1 saturated heterocycles. The molecule has 1 aromatic rings. The SMILES string of the molecule is Cc1cccc(N2CCS(=O)(=O)CC2)n1. The van der Waals surface area contributed by atoms with E-state index in [1.165, 1.54) is 0 Å². The summed E-state index contributed by atoms with van der Waals surface area (Å²) >= 11 is 0. The fraction of sp³-hybridized carbons (Fsp3) is 0.500. The highest BCUT2D eigenvalue weighted by atomic mass is 32.2. The van der Waals surface area contributed by atoms with Crippen LogP contribution in [-0.2, 0) is 9.84 Å². The van der Waals surface area contributed by atoms with Gasteiger partial charge in [0.05, 0.1) is 11.5 Å². The number of hydrogen-bond acceptors (Lipinski definition) is 4. The summed E-state index contributed by atoms with van der Waals surface area (Å²) < 4.78 is 22.5. The molecule has 5 heteroatoms. The second-order valence-corrected chi connectivity index (χ2v) is 6.08. The highest BCUT2D eigenvalue weighted by Gasteiger charge is 2.22. The van der Waals surface area contributed by atoms with Crippen LogP contribution >= 0.6 is 0 Å². The molecule has 0 unspecified atom stereocenters. The van der Waals surface area contributed by atoms with Crippen molar-refractivity contribution >= 4 is 15.7 Å². The van der Waals surface area contributed by atoms with Gasteiger partial charge in [-0.05, 0) is 19.1 Å². The maximum absolute atomic E-state index is 11.2. The molecule has 4 nitrogen and oxygen atoms in total. The first-order valence-corrected chi connectivity index (χ1v) is 6.78. The van der Waals surface area contributed by atoms with E-state index in [4.69, 9.17) is 0 Å². The van der Waals surface area contributed by atoms with Crippen LogP contribution < -0.4 is 4.90 Å². The first-order valence-electron chi connectivity index (χ1n) is 4.96. The second-order valence-electron chi connectivity index (χ2n) is 3.78. The molecule has 1 aliphatic rings. The summed E-state index contributed by atoms with van der Waals surface area (Å²) in [7, 11) is -2.80. The van der Waals surface area contributed by atoms with E-state index < -0.39 is 9.84 Å². The van der Waals surface area contributed by atoms with Gasteiger partial charge >= 0.3 is 0 Å². The molecule has 0 spiro atoms. The Morgan fingerprint density at radius 1 is 1.27 bits per heavy atom. The number of rotatable bonds is 1. The van der Waals surface area contributed by atoms with Gasteiger partial charge < -0.3 is 4.90 Å². The fourth-order valence-electron chi connectivity index (χ4n) is 1.65. The lowest BCUT2D eigenvalue weighted by atomic mass is 10.3. The van der Waals surface area contributed by atoms with Crippen LogP contribution in [0.4, 0.5) is 5.82 Å². The number of anilines is 1. The largest absolute Gasteiger partial charge is 0.355 e. The normalized spacial score (nSPS) is 20.2.